The predicted molar refractivity (Wildman–Crippen MR) is 268 cm³/mol. The van der Waals surface area contributed by atoms with Crippen molar-refractivity contribution in [3.05, 3.63) is 242 Å². The lowest BCUT2D eigenvalue weighted by Gasteiger charge is -2.28. The van der Waals surface area contributed by atoms with Gasteiger partial charge in [0, 0.05) is 39.3 Å². The molecule has 298 valence electrons. The summed E-state index contributed by atoms with van der Waals surface area (Å²) in [5, 5.41) is 4.96. The first-order valence-electron chi connectivity index (χ1n) is 21.8. The van der Waals surface area contributed by atoms with Crippen LogP contribution in [-0.4, -0.2) is 4.57 Å². The third kappa shape index (κ3) is 6.02. The zero-order chi connectivity index (χ0) is 42.2. The fourth-order valence-corrected chi connectivity index (χ4v) is 10.2. The summed E-state index contributed by atoms with van der Waals surface area (Å²) < 4.78 is 2.41. The van der Waals surface area contributed by atoms with Gasteiger partial charge in [-0.15, -0.1) is 0 Å². The fourth-order valence-electron chi connectivity index (χ4n) is 10.2. The van der Waals surface area contributed by atoms with Crippen molar-refractivity contribution in [1.29, 1.82) is 0 Å². The van der Waals surface area contributed by atoms with E-state index in [0.717, 1.165) is 33.8 Å². The molecular weight excluding hydrogens is 761 g/mol. The largest absolute Gasteiger partial charge is 0.317 e. The lowest BCUT2D eigenvalue weighted by molar-refractivity contribution is 0.660. The molecule has 0 saturated heterocycles. The molecule has 2 nitrogen and oxygen atoms in total. The smallest absolute Gasteiger partial charge is 0.0541 e. The van der Waals surface area contributed by atoms with E-state index in [1.54, 1.807) is 0 Å². The molecule has 0 radical (unpaired) electrons. The van der Waals surface area contributed by atoms with Crippen molar-refractivity contribution < 1.29 is 0 Å². The van der Waals surface area contributed by atoms with Gasteiger partial charge in [-0.1, -0.05) is 166 Å². The van der Waals surface area contributed by atoms with Gasteiger partial charge < -0.3 is 9.47 Å². The van der Waals surface area contributed by atoms with E-state index in [4.69, 9.17) is 0 Å². The lowest BCUT2D eigenvalue weighted by atomic mass is 9.82. The molecule has 2 heteroatoms. The number of benzene rings is 9. The van der Waals surface area contributed by atoms with Gasteiger partial charge >= 0.3 is 0 Å². The maximum absolute atomic E-state index is 4.53. The number of aromatic nitrogens is 1. The number of para-hydroxylation sites is 1. The first-order valence-corrected chi connectivity index (χ1v) is 21.8. The lowest BCUT2D eigenvalue weighted by Crippen LogP contribution is -2.16. The minimum atomic E-state index is -0.0755. The summed E-state index contributed by atoms with van der Waals surface area (Å²) in [7, 11) is 0. The van der Waals surface area contributed by atoms with Crippen molar-refractivity contribution >= 4 is 49.5 Å². The van der Waals surface area contributed by atoms with Gasteiger partial charge in [-0.05, 0) is 139 Å². The molecule has 9 aromatic carbocycles. The molecule has 1 aliphatic carbocycles. The summed E-state index contributed by atoms with van der Waals surface area (Å²) in [5.74, 6) is 0. The Morgan fingerprint density at radius 1 is 0.413 bits per heavy atom. The van der Waals surface area contributed by atoms with E-state index in [1.807, 2.05) is 0 Å². The second-order valence-electron chi connectivity index (χ2n) is 17.5. The molecule has 0 N–H and O–H groups in total. The number of anilines is 2. The normalized spacial score (nSPS) is 14.9. The average molecular weight is 805 g/mol. The van der Waals surface area contributed by atoms with Gasteiger partial charge in [-0.3, -0.25) is 0 Å². The summed E-state index contributed by atoms with van der Waals surface area (Å²) in [5.41, 5.74) is 20.4. The second kappa shape index (κ2) is 14.3. The van der Waals surface area contributed by atoms with Crippen LogP contribution in [0.4, 0.5) is 11.4 Å². The molecule has 0 spiro atoms. The van der Waals surface area contributed by atoms with Crippen molar-refractivity contribution in [3.63, 3.8) is 0 Å². The third-order valence-corrected chi connectivity index (χ3v) is 13.5. The molecule has 10 aromatic rings. The molecule has 63 heavy (non-hydrogen) atoms. The second-order valence-corrected chi connectivity index (χ2v) is 17.5. The summed E-state index contributed by atoms with van der Waals surface area (Å²) in [4.78, 5) is 2.31. The van der Waals surface area contributed by atoms with Crippen LogP contribution in [0, 0.1) is 0 Å². The zero-order valence-electron chi connectivity index (χ0n) is 35.4. The molecule has 1 aromatic heterocycles. The van der Waals surface area contributed by atoms with Crippen molar-refractivity contribution in [1.82, 2.24) is 4.57 Å². The Hall–Kier alpha value is -7.94. The maximum Gasteiger partial charge on any atom is 0.0541 e. The molecule has 0 unspecified atom stereocenters. The van der Waals surface area contributed by atoms with Crippen LogP contribution in [0.25, 0.3) is 88.3 Å². The first-order chi connectivity index (χ1) is 30.9. The molecular formula is C61H44N2. The molecule has 2 heterocycles. The van der Waals surface area contributed by atoms with Crippen LogP contribution in [-0.2, 0) is 5.41 Å². The average Bonchev–Trinajstić information content (AvgIpc) is 3.78. The maximum atomic E-state index is 4.53. The van der Waals surface area contributed by atoms with Crippen LogP contribution in [0.2, 0.25) is 0 Å². The van der Waals surface area contributed by atoms with Crippen LogP contribution in [0.1, 0.15) is 30.5 Å². The van der Waals surface area contributed by atoms with Crippen molar-refractivity contribution in [2.75, 3.05) is 4.90 Å². The standard InChI is InChI=1S/C61H44N2/c1-40-13-11-12-34-62(49-30-31-52-51-16-7-9-18-56(51)61(2,3)57(52)39-49)58-32-27-47(37-54(40)58)42-20-22-43(23-21-42)48-28-33-60-55(38-48)53-17-8-10-19-59(53)63(60)50-29-26-45-35-44(24-25-46(45)36-50)41-14-5-4-6-15-41/h4-39H,1H2,2-3H3/b13-11-,34-12-. The minimum absolute atomic E-state index is 0.0755. The molecule has 0 fully saturated rings. The first kappa shape index (κ1) is 36.9. The van der Waals surface area contributed by atoms with Gasteiger partial charge in [0.25, 0.3) is 0 Å². The molecule has 0 amide bonds. The highest BCUT2D eigenvalue weighted by molar-refractivity contribution is 6.11. The Bertz CT molecular complexity index is 3540. The van der Waals surface area contributed by atoms with Crippen LogP contribution in [0.5, 0.6) is 0 Å². The van der Waals surface area contributed by atoms with E-state index in [9.17, 15) is 0 Å². The molecule has 12 rings (SSSR count). The molecule has 1 aliphatic heterocycles. The quantitative estimate of drug-likeness (QED) is 0.168. The van der Waals surface area contributed by atoms with Crippen molar-refractivity contribution in [3.8, 4) is 50.2 Å². The Morgan fingerprint density at radius 3 is 1.89 bits per heavy atom. The van der Waals surface area contributed by atoms with E-state index in [0.29, 0.717) is 0 Å². The molecule has 2 aliphatic rings. The fraction of sp³-hybridized carbons (Fsp3) is 0.0492. The predicted octanol–water partition coefficient (Wildman–Crippen LogP) is 16.5. The van der Waals surface area contributed by atoms with E-state index in [1.165, 1.54) is 82.6 Å². The molecule has 0 bridgehead atoms. The van der Waals surface area contributed by atoms with Gasteiger partial charge in [0.2, 0.25) is 0 Å². The Labute approximate surface area is 368 Å². The monoisotopic (exact) mass is 804 g/mol. The number of rotatable bonds is 5. The highest BCUT2D eigenvalue weighted by atomic mass is 15.1. The van der Waals surface area contributed by atoms with Gasteiger partial charge in [0.15, 0.2) is 0 Å². The van der Waals surface area contributed by atoms with Crippen molar-refractivity contribution in [2.45, 2.75) is 19.3 Å². The van der Waals surface area contributed by atoms with E-state index < -0.39 is 0 Å². The number of nitrogens with zero attached hydrogens (tertiary/aromatic N) is 2. The summed E-state index contributed by atoms with van der Waals surface area (Å²) in [6, 6.07) is 71.5. The Morgan fingerprint density at radius 2 is 1.03 bits per heavy atom. The highest BCUT2D eigenvalue weighted by Crippen LogP contribution is 2.50. The summed E-state index contributed by atoms with van der Waals surface area (Å²) >= 11 is 0. The molecule has 0 saturated carbocycles. The van der Waals surface area contributed by atoms with E-state index in [-0.39, 0.29) is 5.41 Å². The van der Waals surface area contributed by atoms with E-state index >= 15 is 0 Å². The van der Waals surface area contributed by atoms with Crippen LogP contribution < -0.4 is 4.90 Å². The Kier molecular flexibility index (Phi) is 8.39. The zero-order valence-corrected chi connectivity index (χ0v) is 35.4. The van der Waals surface area contributed by atoms with Crippen LogP contribution in [0.15, 0.2) is 225 Å². The van der Waals surface area contributed by atoms with Crippen LogP contribution in [0.3, 0.4) is 0 Å². The van der Waals surface area contributed by atoms with Gasteiger partial charge in [-0.2, -0.15) is 0 Å². The number of hydrogen-bond donors (Lipinski definition) is 0. The number of hydrogen-bond acceptors (Lipinski definition) is 1. The summed E-state index contributed by atoms with van der Waals surface area (Å²) in [6.07, 6.45) is 8.47. The van der Waals surface area contributed by atoms with Crippen molar-refractivity contribution in [2.24, 2.45) is 0 Å². The third-order valence-electron chi connectivity index (χ3n) is 13.5. The van der Waals surface area contributed by atoms with Gasteiger partial charge in [0.1, 0.15) is 0 Å². The topological polar surface area (TPSA) is 8.17 Å². The highest BCUT2D eigenvalue weighted by Gasteiger charge is 2.35. The SMILES string of the molecule is C=C1/C=C\C=C/N(c2ccc3c(c2)C(C)(C)c2ccccc2-3)c2ccc(-c3ccc(-c4ccc5c(c4)c4ccccc4n5-c4ccc5cc(-c6ccccc6)ccc5c4)cc3)cc21. The number of allylic oxidation sites excluding steroid dienone is 4. The summed E-state index contributed by atoms with van der Waals surface area (Å²) in [6.45, 7) is 9.21. The van der Waals surface area contributed by atoms with Gasteiger partial charge in [0.05, 0.1) is 16.7 Å². The number of fused-ring (bicyclic) bond motifs is 8. The van der Waals surface area contributed by atoms with Crippen LogP contribution >= 0.6 is 0 Å². The van der Waals surface area contributed by atoms with E-state index in [2.05, 4.69) is 248 Å². The Balaban J connectivity index is 0.867. The van der Waals surface area contributed by atoms with Gasteiger partial charge in [-0.25, -0.2) is 0 Å². The minimum Gasteiger partial charge on any atom is -0.317 e. The molecule has 0 atom stereocenters.